The Balaban J connectivity index is 1.78. The van der Waals surface area contributed by atoms with Gasteiger partial charge in [0, 0.05) is 26.4 Å². The second-order valence-corrected chi connectivity index (χ2v) is 5.74. The van der Waals surface area contributed by atoms with Gasteiger partial charge in [-0.3, -0.25) is 9.59 Å². The number of aromatic nitrogens is 2. The van der Waals surface area contributed by atoms with E-state index in [0.717, 1.165) is 25.9 Å². The number of piperidine rings is 1. The van der Waals surface area contributed by atoms with E-state index in [1.807, 2.05) is 4.90 Å². The van der Waals surface area contributed by atoms with Gasteiger partial charge in [-0.05, 0) is 34.7 Å². The standard InChI is InChI=1S/C13H17BrN4O2/c1-9(19)18-4-2-10(3-5-18)6-13(20)17-12-8-15-11(14)7-16-12/h7-8,10H,2-6H2,1H3,(H,16,17,20). The fourth-order valence-electron chi connectivity index (χ4n) is 2.28. The Morgan fingerprint density at radius 1 is 1.35 bits per heavy atom. The molecule has 1 aliphatic heterocycles. The highest BCUT2D eigenvalue weighted by molar-refractivity contribution is 9.10. The number of hydrogen-bond donors (Lipinski definition) is 1. The first-order chi connectivity index (χ1) is 9.54. The summed E-state index contributed by atoms with van der Waals surface area (Å²) in [6.07, 6.45) is 5.27. The molecule has 1 aliphatic rings. The second-order valence-electron chi connectivity index (χ2n) is 4.93. The van der Waals surface area contributed by atoms with Crippen LogP contribution in [0.15, 0.2) is 17.0 Å². The van der Waals surface area contributed by atoms with E-state index in [9.17, 15) is 9.59 Å². The first-order valence-electron chi connectivity index (χ1n) is 6.57. The number of carbonyl (C=O) groups excluding carboxylic acids is 2. The Bertz CT molecular complexity index is 484. The third kappa shape index (κ3) is 4.26. The van der Waals surface area contributed by atoms with E-state index in [1.165, 1.54) is 6.20 Å². The van der Waals surface area contributed by atoms with Gasteiger partial charge in [0.15, 0.2) is 5.82 Å². The van der Waals surface area contributed by atoms with Crippen molar-refractivity contribution in [2.45, 2.75) is 26.2 Å². The van der Waals surface area contributed by atoms with Crippen molar-refractivity contribution >= 4 is 33.6 Å². The SMILES string of the molecule is CC(=O)N1CCC(CC(=O)Nc2cnc(Br)cn2)CC1. The van der Waals surface area contributed by atoms with Crippen molar-refractivity contribution in [1.29, 1.82) is 0 Å². The van der Waals surface area contributed by atoms with Gasteiger partial charge in [-0.1, -0.05) is 0 Å². The van der Waals surface area contributed by atoms with Crippen LogP contribution in [-0.4, -0.2) is 39.8 Å². The molecule has 1 fully saturated rings. The molecular weight excluding hydrogens is 324 g/mol. The highest BCUT2D eigenvalue weighted by Crippen LogP contribution is 2.21. The highest BCUT2D eigenvalue weighted by Gasteiger charge is 2.22. The molecule has 2 amide bonds. The number of hydrogen-bond acceptors (Lipinski definition) is 4. The molecule has 2 rings (SSSR count). The molecule has 20 heavy (non-hydrogen) atoms. The summed E-state index contributed by atoms with van der Waals surface area (Å²) in [6, 6.07) is 0. The predicted molar refractivity (Wildman–Crippen MR) is 78.0 cm³/mol. The average Bonchev–Trinajstić information content (AvgIpc) is 2.42. The van der Waals surface area contributed by atoms with Gasteiger partial charge in [-0.25, -0.2) is 9.97 Å². The predicted octanol–water partition coefficient (Wildman–Crippen LogP) is 1.83. The average molecular weight is 341 g/mol. The number of rotatable bonds is 3. The molecule has 0 radical (unpaired) electrons. The molecule has 1 N–H and O–H groups in total. The van der Waals surface area contributed by atoms with E-state index in [1.54, 1.807) is 13.1 Å². The lowest BCUT2D eigenvalue weighted by Crippen LogP contribution is -2.37. The maximum Gasteiger partial charge on any atom is 0.225 e. The quantitative estimate of drug-likeness (QED) is 0.910. The lowest BCUT2D eigenvalue weighted by molar-refractivity contribution is -0.130. The van der Waals surface area contributed by atoms with E-state index >= 15 is 0 Å². The van der Waals surface area contributed by atoms with Gasteiger partial charge in [0.1, 0.15) is 4.60 Å². The molecule has 1 aromatic rings. The van der Waals surface area contributed by atoms with E-state index in [-0.39, 0.29) is 11.8 Å². The molecule has 1 aromatic heterocycles. The van der Waals surface area contributed by atoms with Crippen molar-refractivity contribution in [3.05, 3.63) is 17.0 Å². The zero-order valence-electron chi connectivity index (χ0n) is 11.3. The molecule has 0 aliphatic carbocycles. The van der Waals surface area contributed by atoms with Crippen molar-refractivity contribution in [2.24, 2.45) is 5.92 Å². The maximum absolute atomic E-state index is 11.9. The maximum atomic E-state index is 11.9. The molecule has 0 aromatic carbocycles. The van der Waals surface area contributed by atoms with Crippen LogP contribution in [0, 0.1) is 5.92 Å². The molecule has 1 saturated heterocycles. The van der Waals surface area contributed by atoms with Crippen LogP contribution < -0.4 is 5.32 Å². The van der Waals surface area contributed by atoms with Gasteiger partial charge in [0.2, 0.25) is 11.8 Å². The Labute approximate surface area is 126 Å². The first-order valence-corrected chi connectivity index (χ1v) is 7.37. The van der Waals surface area contributed by atoms with Crippen LogP contribution in [-0.2, 0) is 9.59 Å². The van der Waals surface area contributed by atoms with E-state index in [4.69, 9.17) is 0 Å². The molecular formula is C13H17BrN4O2. The lowest BCUT2D eigenvalue weighted by atomic mass is 9.93. The molecule has 2 heterocycles. The van der Waals surface area contributed by atoms with Crippen molar-refractivity contribution in [1.82, 2.24) is 14.9 Å². The summed E-state index contributed by atoms with van der Waals surface area (Å²) in [7, 11) is 0. The van der Waals surface area contributed by atoms with Gasteiger partial charge in [-0.15, -0.1) is 0 Å². The molecule has 0 bridgehead atoms. The zero-order valence-corrected chi connectivity index (χ0v) is 12.9. The van der Waals surface area contributed by atoms with Crippen molar-refractivity contribution in [3.63, 3.8) is 0 Å². The molecule has 6 nitrogen and oxygen atoms in total. The number of amides is 2. The number of carbonyl (C=O) groups is 2. The minimum atomic E-state index is -0.0529. The summed E-state index contributed by atoms with van der Waals surface area (Å²) in [6.45, 7) is 3.07. The largest absolute Gasteiger partial charge is 0.343 e. The molecule has 0 unspecified atom stereocenters. The minimum Gasteiger partial charge on any atom is -0.343 e. The van der Waals surface area contributed by atoms with Crippen LogP contribution >= 0.6 is 15.9 Å². The van der Waals surface area contributed by atoms with E-state index in [2.05, 4.69) is 31.2 Å². The monoisotopic (exact) mass is 340 g/mol. The minimum absolute atomic E-state index is 0.0529. The van der Waals surface area contributed by atoms with Gasteiger partial charge in [0.05, 0.1) is 12.4 Å². The molecule has 108 valence electrons. The van der Waals surface area contributed by atoms with Gasteiger partial charge < -0.3 is 10.2 Å². The summed E-state index contributed by atoms with van der Waals surface area (Å²) in [5.74, 6) is 0.842. The normalized spacial score (nSPS) is 16.0. The first kappa shape index (κ1) is 14.9. The molecule has 0 saturated carbocycles. The van der Waals surface area contributed by atoms with E-state index < -0.39 is 0 Å². The number of likely N-dealkylation sites (tertiary alicyclic amines) is 1. The van der Waals surface area contributed by atoms with Crippen LogP contribution in [0.3, 0.4) is 0 Å². The van der Waals surface area contributed by atoms with Gasteiger partial charge in [-0.2, -0.15) is 0 Å². The number of halogens is 1. The van der Waals surface area contributed by atoms with Crippen LogP contribution in [0.2, 0.25) is 0 Å². The second kappa shape index (κ2) is 6.78. The number of nitrogens with one attached hydrogen (secondary N) is 1. The van der Waals surface area contributed by atoms with Crippen LogP contribution in [0.5, 0.6) is 0 Å². The lowest BCUT2D eigenvalue weighted by Gasteiger charge is -2.30. The molecule has 0 atom stereocenters. The van der Waals surface area contributed by atoms with E-state index in [0.29, 0.717) is 22.8 Å². The Morgan fingerprint density at radius 2 is 2.05 bits per heavy atom. The summed E-state index contributed by atoms with van der Waals surface area (Å²) >= 11 is 3.19. The third-order valence-corrected chi connectivity index (χ3v) is 3.83. The Hall–Kier alpha value is -1.50. The highest BCUT2D eigenvalue weighted by atomic mass is 79.9. The fourth-order valence-corrected chi connectivity index (χ4v) is 2.49. The summed E-state index contributed by atoms with van der Waals surface area (Å²) in [5, 5.41) is 2.74. The van der Waals surface area contributed by atoms with Crippen LogP contribution in [0.25, 0.3) is 0 Å². The van der Waals surface area contributed by atoms with Crippen LogP contribution in [0.1, 0.15) is 26.2 Å². The van der Waals surface area contributed by atoms with Gasteiger partial charge >= 0.3 is 0 Å². The summed E-state index contributed by atoms with van der Waals surface area (Å²) in [4.78, 5) is 33.0. The van der Waals surface area contributed by atoms with Crippen molar-refractivity contribution in [2.75, 3.05) is 18.4 Å². The van der Waals surface area contributed by atoms with Crippen LogP contribution in [0.4, 0.5) is 5.82 Å². The smallest absolute Gasteiger partial charge is 0.225 e. The molecule has 0 spiro atoms. The Morgan fingerprint density at radius 3 is 2.60 bits per heavy atom. The summed E-state index contributed by atoms with van der Waals surface area (Å²) in [5.41, 5.74) is 0. The number of nitrogens with zero attached hydrogens (tertiary/aromatic N) is 3. The zero-order chi connectivity index (χ0) is 14.5. The van der Waals surface area contributed by atoms with Crippen molar-refractivity contribution < 1.29 is 9.59 Å². The molecule has 7 heteroatoms. The number of anilines is 1. The van der Waals surface area contributed by atoms with Gasteiger partial charge in [0.25, 0.3) is 0 Å². The third-order valence-electron chi connectivity index (χ3n) is 3.42. The van der Waals surface area contributed by atoms with Crippen molar-refractivity contribution in [3.8, 4) is 0 Å². The fraction of sp³-hybridized carbons (Fsp3) is 0.538. The Kier molecular flexibility index (Phi) is 5.05. The topological polar surface area (TPSA) is 75.2 Å². The summed E-state index contributed by atoms with van der Waals surface area (Å²) < 4.78 is 0.632.